The van der Waals surface area contributed by atoms with Gasteiger partial charge < -0.3 is 39.0 Å². The number of carbonyl (C=O) groups is 4. The number of alkyl carbamates (subject to hydrolysis) is 1. The van der Waals surface area contributed by atoms with Gasteiger partial charge in [0.1, 0.15) is 36.6 Å². The lowest BCUT2D eigenvalue weighted by Gasteiger charge is -2.27. The summed E-state index contributed by atoms with van der Waals surface area (Å²) in [7, 11) is -1.46. The van der Waals surface area contributed by atoms with Crippen molar-refractivity contribution in [2.75, 3.05) is 52.7 Å². The monoisotopic (exact) mass is 1040 g/mol. The number of rotatable bonds is 26. The molecular weight excluding hydrogens is 956 g/mol. The quantitative estimate of drug-likeness (QED) is 0.0173. The zero-order valence-corrected chi connectivity index (χ0v) is 44.7. The number of aromatic nitrogens is 1. The highest BCUT2D eigenvalue weighted by Gasteiger charge is 2.36. The Labute approximate surface area is 427 Å². The topological polar surface area (TPSA) is 207 Å². The summed E-state index contributed by atoms with van der Waals surface area (Å²) in [6.07, 6.45) is 25.3. The number of allylic oxidation sites excluding steroid dienone is 2. The highest BCUT2D eigenvalue weighted by molar-refractivity contribution is 7.92. The molecule has 2 aromatic rings. The normalized spacial score (nSPS) is 17.2. The highest BCUT2D eigenvalue weighted by atomic mass is 32.2. The average Bonchev–Trinajstić information content (AvgIpc) is 3.75. The average molecular weight is 1040 g/mol. The lowest BCUT2D eigenvalue weighted by molar-refractivity contribution is -0.139. The molecule has 3 saturated carbocycles. The van der Waals surface area contributed by atoms with Gasteiger partial charge in [-0.1, -0.05) is 88.1 Å². The smallest absolute Gasteiger partial charge is 0.407 e. The number of benzene rings is 1. The van der Waals surface area contributed by atoms with E-state index in [4.69, 9.17) is 22.7 Å². The molecule has 4 aliphatic rings. The standard InChI is InChI=1S/C26H38NO5P.C19H31N5O6S.C5H10.H2S/c1-3-31-33(29,32-4-2)20-12-19-30-25-22-16-10-11-18-24(22)27-26(28)23(25)17-7-5-6-13-21-14-8-9-15-21;1-4-7-14(17(26)22-23(3)31-30-13-9-10-13)21-18(27)15-8-6-11-24(15)16(25)12-20-19(28)29-5-2;1-2-4-5-3-1;/h5,7,10-11,16,18,21H,3-4,6,8-9,12-15,17,19-20H2,1-2H3,(H,27,28);4,13-15H,1,5-12H2,2-3H3,(H,20,28)(H,21,27)(H,22,26);1-5H2;1H2/b7-5+;;;. The van der Waals surface area contributed by atoms with Crippen LogP contribution in [0.5, 0.6) is 5.75 Å². The molecule has 1 aromatic heterocycles. The summed E-state index contributed by atoms with van der Waals surface area (Å²) in [6.45, 7) is 10.3. The van der Waals surface area contributed by atoms with Crippen LogP contribution >= 0.6 is 33.3 Å². The molecule has 2 atom stereocenters. The third-order valence-electron chi connectivity index (χ3n) is 12.1. The van der Waals surface area contributed by atoms with E-state index in [0.29, 0.717) is 63.4 Å². The molecule has 6 rings (SSSR count). The van der Waals surface area contributed by atoms with E-state index in [0.717, 1.165) is 48.3 Å². The number of pyridine rings is 1. The van der Waals surface area contributed by atoms with E-state index < -0.39 is 37.6 Å². The fourth-order valence-electron chi connectivity index (χ4n) is 8.41. The first kappa shape index (κ1) is 60.5. The molecule has 4 N–H and O–H groups in total. The van der Waals surface area contributed by atoms with Gasteiger partial charge in [0.15, 0.2) is 0 Å². The van der Waals surface area contributed by atoms with Crippen LogP contribution in [0.25, 0.3) is 10.9 Å². The second-order valence-electron chi connectivity index (χ2n) is 17.6. The number of ether oxygens (including phenoxy) is 2. The van der Waals surface area contributed by atoms with Crippen molar-refractivity contribution in [2.45, 2.75) is 155 Å². The minimum Gasteiger partial charge on any atom is -0.492 e. The zero-order valence-electron chi connectivity index (χ0n) is 42.0. The molecule has 4 fully saturated rings. The number of fused-ring (bicyclic) bond motifs is 1. The summed E-state index contributed by atoms with van der Waals surface area (Å²) in [5, 5.41) is 5.95. The van der Waals surface area contributed by atoms with E-state index in [1.165, 1.54) is 73.5 Å². The fraction of sp³-hybridized carbons (Fsp3) is 0.660. The van der Waals surface area contributed by atoms with Crippen molar-refractivity contribution in [3.05, 3.63) is 65.0 Å². The first-order valence-electron chi connectivity index (χ1n) is 25.2. The van der Waals surface area contributed by atoms with Crippen LogP contribution in [-0.4, -0.2) is 109 Å². The Morgan fingerprint density at radius 1 is 0.943 bits per heavy atom. The van der Waals surface area contributed by atoms with Crippen LogP contribution in [0, 0.1) is 5.92 Å². The molecule has 1 aromatic carbocycles. The molecule has 2 unspecified atom stereocenters. The number of hydrogen-bond acceptors (Lipinski definition) is 13. The molecule has 1 aliphatic heterocycles. The van der Waals surface area contributed by atoms with E-state index in [2.05, 4.69) is 39.8 Å². The third-order valence-corrected chi connectivity index (χ3v) is 14.9. The number of hydrazine groups is 1. The van der Waals surface area contributed by atoms with Gasteiger partial charge >= 0.3 is 13.7 Å². The predicted molar refractivity (Wildman–Crippen MR) is 282 cm³/mol. The van der Waals surface area contributed by atoms with Crippen molar-refractivity contribution in [3.63, 3.8) is 0 Å². The lowest BCUT2D eigenvalue weighted by atomic mass is 10.0. The Morgan fingerprint density at radius 3 is 2.27 bits per heavy atom. The summed E-state index contributed by atoms with van der Waals surface area (Å²) in [5.41, 5.74) is 3.90. The largest absolute Gasteiger partial charge is 0.492 e. The van der Waals surface area contributed by atoms with Crippen molar-refractivity contribution in [3.8, 4) is 5.75 Å². The second-order valence-corrected chi connectivity index (χ2v) is 20.7. The van der Waals surface area contributed by atoms with Gasteiger partial charge in [0.2, 0.25) is 11.8 Å². The van der Waals surface area contributed by atoms with Gasteiger partial charge in [0, 0.05) is 19.0 Å². The van der Waals surface area contributed by atoms with Gasteiger partial charge in [-0.2, -0.15) is 13.5 Å². The van der Waals surface area contributed by atoms with Gasteiger partial charge in [-0.15, -0.1) is 11.0 Å². The van der Waals surface area contributed by atoms with Gasteiger partial charge in [0.05, 0.1) is 49.8 Å². The zero-order chi connectivity index (χ0) is 49.9. The number of likely N-dealkylation sites (tertiary alicyclic amines) is 1. The van der Waals surface area contributed by atoms with E-state index in [-0.39, 0.29) is 56.8 Å². The van der Waals surface area contributed by atoms with Gasteiger partial charge in [-0.05, 0) is 96.6 Å². The minimum atomic E-state index is -3.10. The number of aromatic amines is 1. The van der Waals surface area contributed by atoms with Gasteiger partial charge in [0.25, 0.3) is 11.5 Å². The summed E-state index contributed by atoms with van der Waals surface area (Å²) in [5.74, 6) is 0.249. The van der Waals surface area contributed by atoms with E-state index in [1.54, 1.807) is 33.9 Å². The molecule has 17 nitrogen and oxygen atoms in total. The van der Waals surface area contributed by atoms with Crippen LogP contribution in [0.3, 0.4) is 0 Å². The van der Waals surface area contributed by atoms with Crippen LogP contribution in [-0.2, 0) is 43.3 Å². The Hall–Kier alpha value is -3.84. The van der Waals surface area contributed by atoms with E-state index in [1.807, 2.05) is 24.3 Å². The Balaban J connectivity index is 0.000000332. The molecular formula is C50H81N6O11PS2. The van der Waals surface area contributed by atoms with Crippen LogP contribution in [0.1, 0.15) is 135 Å². The van der Waals surface area contributed by atoms with E-state index in [9.17, 15) is 28.5 Å². The Kier molecular flexibility index (Phi) is 29.1. The number of nitrogens with one attached hydrogen (secondary N) is 4. The maximum Gasteiger partial charge on any atom is 0.407 e. The molecule has 2 heterocycles. The number of H-pyrrole nitrogens is 1. The molecule has 394 valence electrons. The van der Waals surface area contributed by atoms with Crippen molar-refractivity contribution >= 4 is 68.0 Å². The first-order valence-corrected chi connectivity index (χ1v) is 27.6. The summed E-state index contributed by atoms with van der Waals surface area (Å²) < 4.78 is 41.2. The molecule has 0 radical (unpaired) electrons. The number of carbonyl (C=O) groups excluding carboxylic acids is 4. The second kappa shape index (κ2) is 33.7. The number of nitrogens with zero attached hydrogens (tertiary/aromatic N) is 2. The summed E-state index contributed by atoms with van der Waals surface area (Å²) >= 11 is 1.04. The summed E-state index contributed by atoms with van der Waals surface area (Å²) in [4.78, 5) is 66.5. The summed E-state index contributed by atoms with van der Waals surface area (Å²) in [6, 6.07) is 6.12. The third kappa shape index (κ3) is 21.9. The number of hydrogen-bond donors (Lipinski definition) is 4. The molecule has 70 heavy (non-hydrogen) atoms. The predicted octanol–water partition coefficient (Wildman–Crippen LogP) is 9.19. The first-order chi connectivity index (χ1) is 33.4. The van der Waals surface area contributed by atoms with Crippen molar-refractivity contribution in [1.82, 2.24) is 30.4 Å². The molecule has 3 aliphatic carbocycles. The van der Waals surface area contributed by atoms with E-state index >= 15 is 0 Å². The van der Waals surface area contributed by atoms with Gasteiger partial charge in [-0.25, -0.2) is 4.79 Å². The van der Waals surface area contributed by atoms with Crippen LogP contribution < -0.4 is 26.4 Å². The fourth-order valence-corrected chi connectivity index (χ4v) is 10.6. The maximum absolute atomic E-state index is 12.8. The van der Waals surface area contributed by atoms with Crippen LogP contribution in [0.15, 0.2) is 53.9 Å². The molecule has 20 heteroatoms. The van der Waals surface area contributed by atoms with Crippen LogP contribution in [0.2, 0.25) is 0 Å². The minimum absolute atomic E-state index is 0. The van der Waals surface area contributed by atoms with Crippen molar-refractivity contribution in [1.29, 1.82) is 0 Å². The molecule has 0 bridgehead atoms. The number of amides is 4. The Bertz CT molecular complexity index is 2030. The maximum atomic E-state index is 12.8. The van der Waals surface area contributed by atoms with Crippen molar-refractivity contribution in [2.24, 2.45) is 5.92 Å². The molecule has 1 saturated heterocycles. The SMILES string of the molecule is C1CCCC1.C=CCC(NC(=O)C1CCCN1C(=O)CNC(=O)OCC)C(=O)NN(C)SOC1CC1.CCOP(=O)(CCCOc1c(C/C=C/CCC2CCCC2)c(=O)[nH]c2ccccc12)OCC.S. The Morgan fingerprint density at radius 2 is 1.63 bits per heavy atom. The highest BCUT2D eigenvalue weighted by Crippen LogP contribution is 2.48. The van der Waals surface area contributed by atoms with Crippen molar-refractivity contribution < 1.29 is 46.4 Å². The number of para-hydroxylation sites is 1. The van der Waals surface area contributed by atoms with Gasteiger partial charge in [-0.3, -0.25) is 33.4 Å². The lowest BCUT2D eigenvalue weighted by Crippen LogP contribution is -2.55. The molecule has 4 amide bonds. The van der Waals surface area contributed by atoms with Crippen LogP contribution in [0.4, 0.5) is 4.79 Å². The molecule has 0 spiro atoms.